The maximum Gasteiger partial charge on any atom is 0.339 e. The van der Waals surface area contributed by atoms with Gasteiger partial charge in [0, 0.05) is 6.42 Å². The average Bonchev–Trinajstić information content (AvgIpc) is 2.39. The lowest BCUT2D eigenvalue weighted by Gasteiger charge is -2.21. The second kappa shape index (κ2) is 5.84. The summed E-state index contributed by atoms with van der Waals surface area (Å²) in [6, 6.07) is 1.61. The summed E-state index contributed by atoms with van der Waals surface area (Å²) in [5, 5.41) is 0.121. The van der Waals surface area contributed by atoms with Gasteiger partial charge < -0.3 is 9.47 Å². The minimum absolute atomic E-state index is 0.104. The maximum atomic E-state index is 12.0. The summed E-state index contributed by atoms with van der Waals surface area (Å²) in [6.45, 7) is 2.31. The third-order valence-electron chi connectivity index (χ3n) is 2.75. The van der Waals surface area contributed by atoms with Crippen LogP contribution in [-0.4, -0.2) is 31.2 Å². The number of Topliss-reactive ketones (excluding diaryl/α,β-unsaturated/α-hetero) is 1. The number of hydrogen-bond acceptors (Lipinski definition) is 5. The van der Waals surface area contributed by atoms with Gasteiger partial charge in [-0.3, -0.25) is 4.79 Å². The minimum atomic E-state index is -0.524. The second-order valence-electron chi connectivity index (χ2n) is 3.89. The van der Waals surface area contributed by atoms with E-state index in [1.165, 1.54) is 11.8 Å². The van der Waals surface area contributed by atoms with Gasteiger partial charge in [0.25, 0.3) is 0 Å². The number of carbonyl (C=O) groups excluding carboxylic acids is 2. The molecule has 0 aliphatic carbocycles. The van der Waals surface area contributed by atoms with Crippen molar-refractivity contribution in [3.63, 3.8) is 0 Å². The number of esters is 1. The minimum Gasteiger partial charge on any atom is -0.491 e. The van der Waals surface area contributed by atoms with E-state index in [4.69, 9.17) is 21.1 Å². The molecule has 1 aliphatic rings. The number of benzene rings is 1. The van der Waals surface area contributed by atoms with Crippen LogP contribution in [0.25, 0.3) is 0 Å². The third-order valence-corrected chi connectivity index (χ3v) is 3.89. The van der Waals surface area contributed by atoms with Crippen LogP contribution in [-0.2, 0) is 4.74 Å². The molecule has 1 aromatic rings. The normalized spacial score (nSPS) is 13.7. The summed E-state index contributed by atoms with van der Waals surface area (Å²) >= 11 is 7.57. The van der Waals surface area contributed by atoms with Crippen LogP contribution in [0.15, 0.2) is 11.0 Å². The molecule has 0 N–H and O–H groups in total. The highest BCUT2D eigenvalue weighted by molar-refractivity contribution is 7.98. The monoisotopic (exact) mass is 300 g/mol. The van der Waals surface area contributed by atoms with Crippen molar-refractivity contribution in [1.29, 1.82) is 0 Å². The van der Waals surface area contributed by atoms with E-state index in [0.717, 1.165) is 4.90 Å². The van der Waals surface area contributed by atoms with Crippen molar-refractivity contribution in [3.8, 4) is 5.75 Å². The number of ketones is 1. The van der Waals surface area contributed by atoms with Gasteiger partial charge in [-0.1, -0.05) is 11.6 Å². The van der Waals surface area contributed by atoms with Crippen LogP contribution in [0.2, 0.25) is 5.02 Å². The van der Waals surface area contributed by atoms with Crippen LogP contribution >= 0.6 is 23.4 Å². The van der Waals surface area contributed by atoms with Crippen molar-refractivity contribution in [2.45, 2.75) is 18.2 Å². The van der Waals surface area contributed by atoms with Crippen molar-refractivity contribution in [2.75, 3.05) is 19.5 Å². The van der Waals surface area contributed by atoms with E-state index in [0.29, 0.717) is 17.9 Å². The molecule has 1 aromatic carbocycles. The highest BCUT2D eigenvalue weighted by Crippen LogP contribution is 2.41. The average molecular weight is 301 g/mol. The highest BCUT2D eigenvalue weighted by Gasteiger charge is 2.29. The zero-order chi connectivity index (χ0) is 14.0. The summed E-state index contributed by atoms with van der Waals surface area (Å²) in [5.41, 5.74) is 0.508. The Morgan fingerprint density at radius 2 is 2.32 bits per heavy atom. The molecule has 0 unspecified atom stereocenters. The van der Waals surface area contributed by atoms with Gasteiger partial charge in [-0.25, -0.2) is 4.79 Å². The zero-order valence-corrected chi connectivity index (χ0v) is 12.2. The smallest absolute Gasteiger partial charge is 0.339 e. The molecule has 1 heterocycles. The van der Waals surface area contributed by atoms with Crippen LogP contribution in [0.5, 0.6) is 5.75 Å². The lowest BCUT2D eigenvalue weighted by atomic mass is 10.0. The number of carbonyl (C=O) groups is 2. The largest absolute Gasteiger partial charge is 0.491 e. The van der Waals surface area contributed by atoms with Crippen LogP contribution < -0.4 is 4.74 Å². The first-order chi connectivity index (χ1) is 9.10. The fourth-order valence-corrected chi connectivity index (χ4v) is 2.79. The summed E-state index contributed by atoms with van der Waals surface area (Å²) < 4.78 is 10.5. The van der Waals surface area contributed by atoms with Crippen molar-refractivity contribution >= 4 is 35.1 Å². The van der Waals surface area contributed by atoms with Crippen molar-refractivity contribution < 1.29 is 19.1 Å². The molecular formula is C13H13ClO4S. The van der Waals surface area contributed by atoms with Crippen molar-refractivity contribution in [2.24, 2.45) is 0 Å². The molecule has 2 rings (SSSR count). The number of hydrogen-bond donors (Lipinski definition) is 0. The Kier molecular flexibility index (Phi) is 4.37. The Morgan fingerprint density at radius 1 is 1.58 bits per heavy atom. The van der Waals surface area contributed by atoms with E-state index in [-0.39, 0.29) is 29.4 Å². The predicted molar refractivity (Wildman–Crippen MR) is 73.6 cm³/mol. The van der Waals surface area contributed by atoms with E-state index in [2.05, 4.69) is 0 Å². The van der Waals surface area contributed by atoms with E-state index < -0.39 is 5.97 Å². The Balaban J connectivity index is 2.61. The molecule has 0 spiro atoms. The molecule has 19 heavy (non-hydrogen) atoms. The fourth-order valence-electron chi connectivity index (χ4n) is 1.89. The predicted octanol–water partition coefficient (Wildman–Crippen LogP) is 3.20. The first kappa shape index (κ1) is 14.2. The Hall–Kier alpha value is -1.20. The zero-order valence-electron chi connectivity index (χ0n) is 10.6. The van der Waals surface area contributed by atoms with Crippen LogP contribution in [0.3, 0.4) is 0 Å². The van der Waals surface area contributed by atoms with Crippen LogP contribution in [0.1, 0.15) is 34.1 Å². The number of halogens is 1. The van der Waals surface area contributed by atoms with E-state index in [9.17, 15) is 9.59 Å². The van der Waals surface area contributed by atoms with E-state index >= 15 is 0 Å². The molecule has 0 saturated carbocycles. The quantitative estimate of drug-likeness (QED) is 0.634. The van der Waals surface area contributed by atoms with Gasteiger partial charge in [-0.15, -0.1) is 11.8 Å². The molecule has 0 aromatic heterocycles. The Labute approximate surface area is 120 Å². The van der Waals surface area contributed by atoms with E-state index in [1.807, 2.05) is 6.26 Å². The molecule has 0 radical (unpaired) electrons. The molecule has 0 saturated heterocycles. The van der Waals surface area contributed by atoms with Gasteiger partial charge in [0.05, 0.1) is 34.3 Å². The lowest BCUT2D eigenvalue weighted by Crippen LogP contribution is -2.18. The number of thioether (sulfide) groups is 1. The van der Waals surface area contributed by atoms with Gasteiger partial charge in [-0.05, 0) is 19.2 Å². The number of fused-ring (bicyclic) bond motifs is 1. The Bertz CT molecular complexity index is 542. The Morgan fingerprint density at radius 3 is 2.95 bits per heavy atom. The van der Waals surface area contributed by atoms with E-state index in [1.54, 1.807) is 13.0 Å². The molecule has 4 nitrogen and oxygen atoms in total. The molecule has 0 fully saturated rings. The van der Waals surface area contributed by atoms with Gasteiger partial charge in [-0.2, -0.15) is 0 Å². The summed E-state index contributed by atoms with van der Waals surface area (Å²) in [4.78, 5) is 24.6. The lowest BCUT2D eigenvalue weighted by molar-refractivity contribution is 0.0526. The molecular weight excluding hydrogens is 288 g/mol. The number of rotatable bonds is 3. The summed E-state index contributed by atoms with van der Waals surface area (Å²) in [5.74, 6) is -0.154. The van der Waals surface area contributed by atoms with Crippen molar-refractivity contribution in [3.05, 3.63) is 22.2 Å². The van der Waals surface area contributed by atoms with Crippen molar-refractivity contribution in [1.82, 2.24) is 0 Å². The maximum absolute atomic E-state index is 12.0. The van der Waals surface area contributed by atoms with Gasteiger partial charge in [0.1, 0.15) is 5.75 Å². The molecule has 6 heteroatoms. The van der Waals surface area contributed by atoms with Crippen LogP contribution in [0, 0.1) is 0 Å². The number of ether oxygens (including phenoxy) is 2. The standard InChI is InChI=1S/C13H13ClO4S/c1-3-17-13(16)7-6-9(19-2)12-10(11(7)14)8(15)4-5-18-12/h6H,3-5H2,1-2H3. The van der Waals surface area contributed by atoms with Gasteiger partial charge in [0.2, 0.25) is 0 Å². The SMILES string of the molecule is CCOC(=O)c1cc(SC)c2c(c1Cl)C(=O)CCO2. The summed E-state index contributed by atoms with van der Waals surface area (Å²) in [7, 11) is 0. The highest BCUT2D eigenvalue weighted by atomic mass is 35.5. The molecule has 0 amide bonds. The molecule has 0 atom stereocenters. The first-order valence-corrected chi connectivity index (χ1v) is 7.44. The fraction of sp³-hybridized carbons (Fsp3) is 0.385. The topological polar surface area (TPSA) is 52.6 Å². The van der Waals surface area contributed by atoms with Crippen LogP contribution in [0.4, 0.5) is 0 Å². The van der Waals surface area contributed by atoms with Gasteiger partial charge in [0.15, 0.2) is 5.78 Å². The summed E-state index contributed by atoms with van der Waals surface area (Å²) in [6.07, 6.45) is 2.12. The second-order valence-corrected chi connectivity index (χ2v) is 5.11. The molecule has 1 aliphatic heterocycles. The first-order valence-electron chi connectivity index (χ1n) is 5.83. The molecule has 0 bridgehead atoms. The third kappa shape index (κ3) is 2.58. The molecule has 102 valence electrons. The van der Waals surface area contributed by atoms with Gasteiger partial charge >= 0.3 is 5.97 Å².